The molecule has 0 aromatic heterocycles. The van der Waals surface area contributed by atoms with Crippen molar-refractivity contribution in [2.24, 2.45) is 4.99 Å². The van der Waals surface area contributed by atoms with Gasteiger partial charge in [0.2, 0.25) is 0 Å². The maximum Gasteiger partial charge on any atom is 0.191 e. The van der Waals surface area contributed by atoms with Gasteiger partial charge in [-0.25, -0.2) is 8.42 Å². The molecule has 0 bridgehead atoms. The summed E-state index contributed by atoms with van der Waals surface area (Å²) in [5, 5.41) is 6.36. The molecule has 7 heteroatoms. The van der Waals surface area contributed by atoms with Crippen LogP contribution < -0.4 is 15.4 Å². The van der Waals surface area contributed by atoms with Crippen molar-refractivity contribution in [2.45, 2.75) is 25.9 Å². The Bertz CT molecular complexity index is 629. The molecule has 1 heterocycles. The smallest absolute Gasteiger partial charge is 0.191 e. The first-order chi connectivity index (χ1) is 10.5. The van der Waals surface area contributed by atoms with Gasteiger partial charge < -0.3 is 15.4 Å². The minimum atomic E-state index is -2.89. The first-order valence-electron chi connectivity index (χ1n) is 7.42. The average molecular weight is 325 g/mol. The Hall–Kier alpha value is -1.76. The van der Waals surface area contributed by atoms with E-state index in [1.165, 1.54) is 0 Å². The van der Waals surface area contributed by atoms with Crippen LogP contribution in [0, 0.1) is 0 Å². The second-order valence-corrected chi connectivity index (χ2v) is 7.48. The Kier molecular flexibility index (Phi) is 5.65. The predicted octanol–water partition coefficient (Wildman–Crippen LogP) is 0.937. The van der Waals surface area contributed by atoms with Gasteiger partial charge in [-0.05, 0) is 31.0 Å². The van der Waals surface area contributed by atoms with Crippen LogP contribution in [0.1, 0.15) is 18.9 Å². The Morgan fingerprint density at radius 2 is 2.27 bits per heavy atom. The fourth-order valence-corrected chi connectivity index (χ4v) is 4.07. The molecule has 22 heavy (non-hydrogen) atoms. The largest absolute Gasteiger partial charge is 0.494 e. The van der Waals surface area contributed by atoms with Gasteiger partial charge in [-0.2, -0.15) is 0 Å². The van der Waals surface area contributed by atoms with E-state index in [0.717, 1.165) is 11.3 Å². The van der Waals surface area contributed by atoms with E-state index < -0.39 is 9.84 Å². The van der Waals surface area contributed by atoms with Crippen molar-refractivity contribution in [1.29, 1.82) is 0 Å². The zero-order valence-corrected chi connectivity index (χ0v) is 13.8. The van der Waals surface area contributed by atoms with Crippen LogP contribution in [-0.4, -0.2) is 45.6 Å². The van der Waals surface area contributed by atoms with Crippen molar-refractivity contribution in [1.82, 2.24) is 10.6 Å². The van der Waals surface area contributed by atoms with Gasteiger partial charge in [0.25, 0.3) is 0 Å². The summed E-state index contributed by atoms with van der Waals surface area (Å²) >= 11 is 0. The third-order valence-electron chi connectivity index (χ3n) is 3.47. The van der Waals surface area contributed by atoms with Crippen molar-refractivity contribution < 1.29 is 13.2 Å². The van der Waals surface area contributed by atoms with Crippen LogP contribution in [0.4, 0.5) is 0 Å². The second-order valence-electron chi connectivity index (χ2n) is 5.25. The van der Waals surface area contributed by atoms with E-state index >= 15 is 0 Å². The van der Waals surface area contributed by atoms with Crippen LogP contribution in [0.25, 0.3) is 0 Å². The van der Waals surface area contributed by atoms with Crippen LogP contribution in [0.15, 0.2) is 29.3 Å². The SMILES string of the molecule is CCOc1cccc(CNC(=NC)NC2CCS(=O)(=O)C2)c1. The summed E-state index contributed by atoms with van der Waals surface area (Å²) in [5.41, 5.74) is 1.08. The molecule has 1 saturated heterocycles. The number of benzene rings is 1. The summed E-state index contributed by atoms with van der Waals surface area (Å²) in [6.45, 7) is 3.18. The number of hydrogen-bond acceptors (Lipinski definition) is 4. The predicted molar refractivity (Wildman–Crippen MR) is 88.0 cm³/mol. The Morgan fingerprint density at radius 3 is 2.91 bits per heavy atom. The number of nitrogens with one attached hydrogen (secondary N) is 2. The molecule has 1 unspecified atom stereocenters. The van der Waals surface area contributed by atoms with E-state index in [0.29, 0.717) is 25.5 Å². The van der Waals surface area contributed by atoms with Gasteiger partial charge in [0.15, 0.2) is 15.8 Å². The van der Waals surface area contributed by atoms with Crippen LogP contribution >= 0.6 is 0 Å². The summed E-state index contributed by atoms with van der Waals surface area (Å²) < 4.78 is 28.4. The maximum atomic E-state index is 11.5. The van der Waals surface area contributed by atoms with Crippen LogP contribution in [-0.2, 0) is 16.4 Å². The number of ether oxygens (including phenoxy) is 1. The summed E-state index contributed by atoms with van der Waals surface area (Å²) in [5.74, 6) is 1.88. The minimum Gasteiger partial charge on any atom is -0.494 e. The third-order valence-corrected chi connectivity index (χ3v) is 5.23. The lowest BCUT2D eigenvalue weighted by molar-refractivity contribution is 0.340. The van der Waals surface area contributed by atoms with Gasteiger partial charge in [-0.1, -0.05) is 12.1 Å². The highest BCUT2D eigenvalue weighted by Crippen LogP contribution is 2.13. The molecule has 0 amide bonds. The number of nitrogens with zero attached hydrogens (tertiary/aromatic N) is 1. The molecule has 1 aliphatic heterocycles. The van der Waals surface area contributed by atoms with Crippen molar-refractivity contribution in [2.75, 3.05) is 25.2 Å². The molecular formula is C15H23N3O3S. The van der Waals surface area contributed by atoms with E-state index in [9.17, 15) is 8.42 Å². The van der Waals surface area contributed by atoms with Gasteiger partial charge in [0, 0.05) is 19.6 Å². The molecule has 0 saturated carbocycles. The summed E-state index contributed by atoms with van der Waals surface area (Å²) in [6, 6.07) is 7.78. The number of rotatable bonds is 5. The zero-order valence-electron chi connectivity index (χ0n) is 13.0. The lowest BCUT2D eigenvalue weighted by Gasteiger charge is -2.16. The molecule has 2 rings (SSSR count). The van der Waals surface area contributed by atoms with E-state index in [2.05, 4.69) is 15.6 Å². The Morgan fingerprint density at radius 1 is 1.45 bits per heavy atom. The maximum absolute atomic E-state index is 11.5. The van der Waals surface area contributed by atoms with E-state index in [4.69, 9.17) is 4.74 Å². The molecule has 1 fully saturated rings. The van der Waals surface area contributed by atoms with Crippen LogP contribution in [0.2, 0.25) is 0 Å². The molecule has 122 valence electrons. The summed E-state index contributed by atoms with van der Waals surface area (Å²) in [4.78, 5) is 4.14. The van der Waals surface area contributed by atoms with Crippen molar-refractivity contribution in [3.05, 3.63) is 29.8 Å². The molecule has 1 aromatic carbocycles. The molecule has 0 aliphatic carbocycles. The monoisotopic (exact) mass is 325 g/mol. The summed E-state index contributed by atoms with van der Waals surface area (Å²) in [6.07, 6.45) is 0.628. The molecule has 1 aromatic rings. The third kappa shape index (κ3) is 4.91. The lowest BCUT2D eigenvalue weighted by Crippen LogP contribution is -2.43. The first-order valence-corrected chi connectivity index (χ1v) is 9.24. The highest BCUT2D eigenvalue weighted by atomic mass is 32.2. The van der Waals surface area contributed by atoms with Crippen molar-refractivity contribution >= 4 is 15.8 Å². The highest BCUT2D eigenvalue weighted by Gasteiger charge is 2.28. The standard InChI is InChI=1S/C15H23N3O3S/c1-3-21-14-6-4-5-12(9-14)10-17-15(16-2)18-13-7-8-22(19,20)11-13/h4-6,9,13H,3,7-8,10-11H2,1-2H3,(H2,16,17,18). The van der Waals surface area contributed by atoms with E-state index in [1.807, 2.05) is 31.2 Å². The molecule has 6 nitrogen and oxygen atoms in total. The van der Waals surface area contributed by atoms with Gasteiger partial charge in [0.05, 0.1) is 18.1 Å². The molecule has 0 spiro atoms. The Balaban J connectivity index is 1.87. The molecule has 1 atom stereocenters. The second kappa shape index (κ2) is 7.49. The van der Waals surface area contributed by atoms with Crippen molar-refractivity contribution in [3.8, 4) is 5.75 Å². The van der Waals surface area contributed by atoms with E-state index in [1.54, 1.807) is 7.05 Å². The quantitative estimate of drug-likeness (QED) is 0.622. The van der Waals surface area contributed by atoms with Gasteiger partial charge in [0.1, 0.15) is 5.75 Å². The Labute approximate surface area is 131 Å². The van der Waals surface area contributed by atoms with Crippen molar-refractivity contribution in [3.63, 3.8) is 0 Å². The average Bonchev–Trinajstić information content (AvgIpc) is 2.83. The number of aliphatic imine (C=N–C) groups is 1. The van der Waals surface area contributed by atoms with Crippen LogP contribution in [0.5, 0.6) is 5.75 Å². The lowest BCUT2D eigenvalue weighted by atomic mass is 10.2. The molecule has 2 N–H and O–H groups in total. The number of guanidine groups is 1. The number of sulfone groups is 1. The fourth-order valence-electron chi connectivity index (χ4n) is 2.39. The topological polar surface area (TPSA) is 79.8 Å². The van der Waals surface area contributed by atoms with Gasteiger partial charge >= 0.3 is 0 Å². The van der Waals surface area contributed by atoms with E-state index in [-0.39, 0.29) is 17.5 Å². The normalized spacial score (nSPS) is 20.6. The zero-order chi connectivity index (χ0) is 16.0. The molecule has 0 radical (unpaired) electrons. The minimum absolute atomic E-state index is 0.0639. The highest BCUT2D eigenvalue weighted by molar-refractivity contribution is 7.91. The molecular weight excluding hydrogens is 302 g/mol. The molecule has 1 aliphatic rings. The fraction of sp³-hybridized carbons (Fsp3) is 0.533. The summed E-state index contributed by atoms with van der Waals surface area (Å²) in [7, 11) is -1.21. The van der Waals surface area contributed by atoms with Gasteiger partial charge in [-0.3, -0.25) is 4.99 Å². The van der Waals surface area contributed by atoms with Crippen LogP contribution in [0.3, 0.4) is 0 Å². The first kappa shape index (κ1) is 16.6. The number of hydrogen-bond donors (Lipinski definition) is 2. The van der Waals surface area contributed by atoms with Gasteiger partial charge in [-0.15, -0.1) is 0 Å².